The summed E-state index contributed by atoms with van der Waals surface area (Å²) in [6.45, 7) is 0.947. The molecule has 31 heavy (non-hydrogen) atoms. The fourth-order valence-electron chi connectivity index (χ4n) is 4.11. The first-order chi connectivity index (χ1) is 14.8. The van der Waals surface area contributed by atoms with E-state index < -0.39 is 27.5 Å². The number of carbonyl (C=O) groups excluding carboxylic acids is 1. The van der Waals surface area contributed by atoms with Crippen LogP contribution in [0.15, 0.2) is 41.3 Å². The molecule has 1 saturated heterocycles. The molecule has 4 rings (SSSR count). The van der Waals surface area contributed by atoms with Crippen molar-refractivity contribution in [2.75, 3.05) is 44.2 Å². The summed E-state index contributed by atoms with van der Waals surface area (Å²) in [6.07, 6.45) is 1.23. The highest BCUT2D eigenvalue weighted by Crippen LogP contribution is 2.31. The maximum Gasteiger partial charge on any atom is 0.243 e. The van der Waals surface area contributed by atoms with E-state index in [-0.39, 0.29) is 49.2 Å². The van der Waals surface area contributed by atoms with E-state index in [4.69, 9.17) is 0 Å². The van der Waals surface area contributed by atoms with Crippen molar-refractivity contribution in [3.63, 3.8) is 0 Å². The molecule has 0 bridgehead atoms. The molecule has 2 aliphatic rings. The summed E-state index contributed by atoms with van der Waals surface area (Å²) in [5.74, 6) is -2.21. The van der Waals surface area contributed by atoms with Crippen molar-refractivity contribution in [1.29, 1.82) is 0 Å². The van der Waals surface area contributed by atoms with Gasteiger partial charge < -0.3 is 9.80 Å². The van der Waals surface area contributed by atoms with Gasteiger partial charge in [-0.2, -0.15) is 4.31 Å². The zero-order valence-corrected chi connectivity index (χ0v) is 17.5. The number of sulfonamides is 1. The van der Waals surface area contributed by atoms with Crippen LogP contribution in [0, 0.1) is 17.5 Å². The zero-order chi connectivity index (χ0) is 22.2. The molecular weight excluding hydrogens is 431 g/mol. The van der Waals surface area contributed by atoms with Crippen LogP contribution in [-0.4, -0.2) is 62.8 Å². The van der Waals surface area contributed by atoms with Gasteiger partial charge in [-0.1, -0.05) is 6.07 Å². The number of carbonyl (C=O) groups is 1. The standard InChI is InChI=1S/C21H22F3N3O3S/c22-16-4-1-5-18(12-16)31(29,30)27-9-7-25(8-10-27)20(28)14-26-6-2-3-15-11-17(23)13-19(24)21(15)26/h1,4-5,11-13H,2-3,6-10,14H2. The Morgan fingerprint density at radius 1 is 0.935 bits per heavy atom. The van der Waals surface area contributed by atoms with Crippen molar-refractivity contribution in [3.05, 3.63) is 59.4 Å². The first-order valence-corrected chi connectivity index (χ1v) is 11.5. The number of halogens is 3. The summed E-state index contributed by atoms with van der Waals surface area (Å²) in [7, 11) is -3.85. The molecule has 166 valence electrons. The molecule has 0 aromatic heterocycles. The van der Waals surface area contributed by atoms with E-state index in [1.54, 1.807) is 4.90 Å². The molecule has 0 saturated carbocycles. The van der Waals surface area contributed by atoms with Gasteiger partial charge in [0.1, 0.15) is 17.5 Å². The molecule has 2 aromatic carbocycles. The fourth-order valence-corrected chi connectivity index (χ4v) is 5.57. The lowest BCUT2D eigenvalue weighted by atomic mass is 10.0. The number of rotatable bonds is 4. The van der Waals surface area contributed by atoms with Crippen molar-refractivity contribution in [1.82, 2.24) is 9.21 Å². The predicted molar refractivity (Wildman–Crippen MR) is 109 cm³/mol. The Hall–Kier alpha value is -2.59. The van der Waals surface area contributed by atoms with Crippen LogP contribution < -0.4 is 4.90 Å². The highest BCUT2D eigenvalue weighted by atomic mass is 32.2. The Labute approximate surface area is 178 Å². The third-order valence-corrected chi connectivity index (χ3v) is 7.54. The Bertz CT molecular complexity index is 1100. The van der Waals surface area contributed by atoms with Crippen LogP contribution in [0.4, 0.5) is 18.9 Å². The summed E-state index contributed by atoms with van der Waals surface area (Å²) in [4.78, 5) is 15.8. The number of benzene rings is 2. The summed E-state index contributed by atoms with van der Waals surface area (Å²) < 4.78 is 67.9. The summed E-state index contributed by atoms with van der Waals surface area (Å²) in [5, 5.41) is 0. The number of fused-ring (bicyclic) bond motifs is 1. The lowest BCUT2D eigenvalue weighted by Crippen LogP contribution is -2.53. The van der Waals surface area contributed by atoms with Gasteiger partial charge in [-0.05, 0) is 42.7 Å². The third-order valence-electron chi connectivity index (χ3n) is 5.65. The van der Waals surface area contributed by atoms with Gasteiger partial charge in [0.25, 0.3) is 0 Å². The van der Waals surface area contributed by atoms with Crippen molar-refractivity contribution >= 4 is 21.6 Å². The molecule has 0 spiro atoms. The van der Waals surface area contributed by atoms with E-state index in [1.807, 2.05) is 0 Å². The minimum atomic E-state index is -3.85. The van der Waals surface area contributed by atoms with Crippen LogP contribution in [0.3, 0.4) is 0 Å². The highest BCUT2D eigenvalue weighted by molar-refractivity contribution is 7.89. The second kappa shape index (κ2) is 8.51. The van der Waals surface area contributed by atoms with Crippen LogP contribution in [0.2, 0.25) is 0 Å². The van der Waals surface area contributed by atoms with E-state index in [9.17, 15) is 26.4 Å². The summed E-state index contributed by atoms with van der Waals surface area (Å²) >= 11 is 0. The monoisotopic (exact) mass is 453 g/mol. The van der Waals surface area contributed by atoms with Crippen molar-refractivity contribution in [2.45, 2.75) is 17.7 Å². The average molecular weight is 453 g/mol. The third kappa shape index (κ3) is 4.40. The van der Waals surface area contributed by atoms with E-state index in [2.05, 4.69) is 0 Å². The number of hydrogen-bond acceptors (Lipinski definition) is 4. The normalized spacial score (nSPS) is 17.5. The Kier molecular flexibility index (Phi) is 5.94. The van der Waals surface area contributed by atoms with Gasteiger partial charge in [-0.25, -0.2) is 21.6 Å². The molecule has 0 unspecified atom stereocenters. The van der Waals surface area contributed by atoms with Gasteiger partial charge in [-0.3, -0.25) is 4.79 Å². The lowest BCUT2D eigenvalue weighted by Gasteiger charge is -2.37. The van der Waals surface area contributed by atoms with E-state index in [0.717, 1.165) is 12.1 Å². The van der Waals surface area contributed by atoms with E-state index >= 15 is 0 Å². The maximum absolute atomic E-state index is 14.3. The average Bonchev–Trinajstić information content (AvgIpc) is 2.73. The molecule has 2 aromatic rings. The molecule has 2 aliphatic heterocycles. The van der Waals surface area contributed by atoms with E-state index in [0.29, 0.717) is 24.9 Å². The predicted octanol–water partition coefficient (Wildman–Crippen LogP) is 2.39. The number of nitrogens with zero attached hydrogens (tertiary/aromatic N) is 3. The molecule has 10 heteroatoms. The molecule has 0 radical (unpaired) electrons. The van der Waals surface area contributed by atoms with E-state index in [1.165, 1.54) is 33.5 Å². The number of amides is 1. The molecule has 0 aliphatic carbocycles. The number of hydrogen-bond donors (Lipinski definition) is 0. The minimum Gasteiger partial charge on any atom is -0.360 e. The quantitative estimate of drug-likeness (QED) is 0.714. The minimum absolute atomic E-state index is 0.0633. The maximum atomic E-state index is 14.3. The van der Waals surface area contributed by atoms with Gasteiger partial charge in [0.2, 0.25) is 15.9 Å². The second-order valence-corrected chi connectivity index (χ2v) is 9.60. The molecule has 0 atom stereocenters. The van der Waals surface area contributed by atoms with Crippen molar-refractivity contribution in [2.24, 2.45) is 0 Å². The van der Waals surface area contributed by atoms with Gasteiger partial charge in [0.15, 0.2) is 0 Å². The van der Waals surface area contributed by atoms with Crippen molar-refractivity contribution in [3.8, 4) is 0 Å². The van der Waals surface area contributed by atoms with Crippen LogP contribution in [-0.2, 0) is 21.2 Å². The Morgan fingerprint density at radius 3 is 2.39 bits per heavy atom. The molecule has 2 heterocycles. The van der Waals surface area contributed by atoms with Crippen LogP contribution >= 0.6 is 0 Å². The van der Waals surface area contributed by atoms with Crippen molar-refractivity contribution < 1.29 is 26.4 Å². The van der Waals surface area contributed by atoms with Gasteiger partial charge in [0, 0.05) is 38.8 Å². The van der Waals surface area contributed by atoms with Crippen LogP contribution in [0.25, 0.3) is 0 Å². The Morgan fingerprint density at radius 2 is 1.68 bits per heavy atom. The number of aryl methyl sites for hydroxylation is 1. The highest BCUT2D eigenvalue weighted by Gasteiger charge is 2.32. The van der Waals surface area contributed by atoms with Crippen LogP contribution in [0.5, 0.6) is 0 Å². The molecule has 0 N–H and O–H groups in total. The lowest BCUT2D eigenvalue weighted by molar-refractivity contribution is -0.130. The number of anilines is 1. The first kappa shape index (κ1) is 21.6. The topological polar surface area (TPSA) is 60.9 Å². The van der Waals surface area contributed by atoms with Crippen LogP contribution in [0.1, 0.15) is 12.0 Å². The SMILES string of the molecule is O=C(CN1CCCc2cc(F)cc(F)c21)N1CCN(S(=O)(=O)c2cccc(F)c2)CC1. The smallest absolute Gasteiger partial charge is 0.243 e. The molecule has 1 amide bonds. The first-order valence-electron chi connectivity index (χ1n) is 10.0. The summed E-state index contributed by atoms with van der Waals surface area (Å²) in [5.41, 5.74) is 0.802. The Balaban J connectivity index is 1.41. The molecule has 6 nitrogen and oxygen atoms in total. The second-order valence-electron chi connectivity index (χ2n) is 7.66. The zero-order valence-electron chi connectivity index (χ0n) is 16.7. The van der Waals surface area contributed by atoms with Gasteiger partial charge in [0.05, 0.1) is 17.1 Å². The fraction of sp³-hybridized carbons (Fsp3) is 0.381. The molecular formula is C21H22F3N3O3S. The number of piperazine rings is 1. The van der Waals surface area contributed by atoms with Gasteiger partial charge in [-0.15, -0.1) is 0 Å². The van der Waals surface area contributed by atoms with Gasteiger partial charge >= 0.3 is 0 Å². The summed E-state index contributed by atoms with van der Waals surface area (Å²) in [6, 6.07) is 6.93. The molecule has 1 fully saturated rings. The largest absolute Gasteiger partial charge is 0.360 e.